The number of fused-ring (bicyclic) bond motifs is 1. The fourth-order valence-electron chi connectivity index (χ4n) is 2.09. The summed E-state index contributed by atoms with van der Waals surface area (Å²) in [6.45, 7) is 6.39. The van der Waals surface area contributed by atoms with Crippen molar-refractivity contribution in [2.24, 2.45) is 5.92 Å². The summed E-state index contributed by atoms with van der Waals surface area (Å²) in [5.41, 5.74) is 0. The van der Waals surface area contributed by atoms with Crippen LogP contribution in [0.2, 0.25) is 0 Å². The molecule has 4 heteroatoms. The lowest BCUT2D eigenvalue weighted by Gasteiger charge is -2.21. The third kappa shape index (κ3) is 2.20. The van der Waals surface area contributed by atoms with Gasteiger partial charge in [0.25, 0.3) is 0 Å². The van der Waals surface area contributed by atoms with Crippen LogP contribution in [0.25, 0.3) is 0 Å². The summed E-state index contributed by atoms with van der Waals surface area (Å²) in [4.78, 5) is 4.58. The van der Waals surface area contributed by atoms with Gasteiger partial charge in [-0.25, -0.2) is 9.67 Å². The summed E-state index contributed by atoms with van der Waals surface area (Å²) < 4.78 is 2.10. The molecule has 1 atom stereocenters. The van der Waals surface area contributed by atoms with E-state index in [1.807, 2.05) is 7.05 Å². The number of hydrogen-bond donors (Lipinski definition) is 1. The smallest absolute Gasteiger partial charge is 0.153 e. The van der Waals surface area contributed by atoms with Crippen LogP contribution in [0.15, 0.2) is 0 Å². The first-order valence-corrected chi connectivity index (χ1v) is 5.79. The third-order valence-corrected chi connectivity index (χ3v) is 2.98. The van der Waals surface area contributed by atoms with Gasteiger partial charge in [0, 0.05) is 18.9 Å². The first-order valence-electron chi connectivity index (χ1n) is 5.79. The standard InChI is InChI=1S/C11H20N4/c1-8(2)11-13-10-5-4-9(6-12-3)7-15(10)14-11/h8-9,12H,4-7H2,1-3H3. The molecule has 0 amide bonds. The van der Waals surface area contributed by atoms with Gasteiger partial charge >= 0.3 is 0 Å². The predicted molar refractivity (Wildman–Crippen MR) is 59.8 cm³/mol. The van der Waals surface area contributed by atoms with E-state index in [2.05, 4.69) is 33.9 Å². The van der Waals surface area contributed by atoms with E-state index >= 15 is 0 Å². The topological polar surface area (TPSA) is 42.7 Å². The Balaban J connectivity index is 2.12. The maximum absolute atomic E-state index is 4.58. The Morgan fingerprint density at radius 2 is 2.33 bits per heavy atom. The second-order valence-electron chi connectivity index (χ2n) is 4.69. The van der Waals surface area contributed by atoms with Gasteiger partial charge in [-0.15, -0.1) is 0 Å². The average molecular weight is 208 g/mol. The molecule has 0 fully saturated rings. The fourth-order valence-corrected chi connectivity index (χ4v) is 2.09. The van der Waals surface area contributed by atoms with Crippen LogP contribution in [0.5, 0.6) is 0 Å². The van der Waals surface area contributed by atoms with Crippen molar-refractivity contribution < 1.29 is 0 Å². The van der Waals surface area contributed by atoms with E-state index in [-0.39, 0.29) is 0 Å². The molecule has 1 aromatic rings. The summed E-state index contributed by atoms with van der Waals surface area (Å²) in [6, 6.07) is 0. The van der Waals surface area contributed by atoms with E-state index in [1.165, 1.54) is 12.2 Å². The van der Waals surface area contributed by atoms with Crippen molar-refractivity contribution in [1.82, 2.24) is 20.1 Å². The summed E-state index contributed by atoms with van der Waals surface area (Å²) in [7, 11) is 2.01. The highest BCUT2D eigenvalue weighted by atomic mass is 15.4. The zero-order chi connectivity index (χ0) is 10.8. The second kappa shape index (κ2) is 4.31. The van der Waals surface area contributed by atoms with Gasteiger partial charge in [-0.1, -0.05) is 13.8 Å². The molecule has 0 spiro atoms. The Labute approximate surface area is 91.1 Å². The Bertz CT molecular complexity index is 329. The van der Waals surface area contributed by atoms with Crippen LogP contribution >= 0.6 is 0 Å². The fraction of sp³-hybridized carbons (Fsp3) is 0.818. The average Bonchev–Trinajstić information content (AvgIpc) is 2.61. The SMILES string of the molecule is CNCC1CCc2nc(C(C)C)nn2C1. The Hall–Kier alpha value is -0.900. The zero-order valence-corrected chi connectivity index (χ0v) is 9.82. The minimum Gasteiger partial charge on any atom is -0.319 e. The monoisotopic (exact) mass is 208 g/mol. The van der Waals surface area contributed by atoms with Crippen LogP contribution in [0, 0.1) is 5.92 Å². The first-order chi connectivity index (χ1) is 7.20. The molecule has 0 bridgehead atoms. The van der Waals surface area contributed by atoms with Crippen LogP contribution in [-0.4, -0.2) is 28.4 Å². The molecule has 15 heavy (non-hydrogen) atoms. The molecule has 1 aliphatic heterocycles. The van der Waals surface area contributed by atoms with E-state index in [1.54, 1.807) is 0 Å². The van der Waals surface area contributed by atoms with Crippen molar-refractivity contribution in [2.75, 3.05) is 13.6 Å². The molecule has 0 aromatic carbocycles. The molecule has 2 rings (SSSR count). The number of aryl methyl sites for hydroxylation is 1. The summed E-state index contributed by atoms with van der Waals surface area (Å²) in [5, 5.41) is 7.80. The molecule has 1 aliphatic rings. The number of nitrogens with zero attached hydrogens (tertiary/aromatic N) is 3. The predicted octanol–water partition coefficient (Wildman–Crippen LogP) is 1.18. The van der Waals surface area contributed by atoms with E-state index in [0.29, 0.717) is 11.8 Å². The normalized spacial score (nSPS) is 20.7. The lowest BCUT2D eigenvalue weighted by atomic mass is 10.00. The van der Waals surface area contributed by atoms with Crippen LogP contribution in [0.3, 0.4) is 0 Å². The Kier molecular flexibility index (Phi) is 3.05. The van der Waals surface area contributed by atoms with Gasteiger partial charge < -0.3 is 5.32 Å². The maximum Gasteiger partial charge on any atom is 0.153 e. The Morgan fingerprint density at radius 3 is 3.00 bits per heavy atom. The molecular weight excluding hydrogens is 188 g/mol. The molecule has 0 aliphatic carbocycles. The van der Waals surface area contributed by atoms with E-state index in [4.69, 9.17) is 0 Å². The lowest BCUT2D eigenvalue weighted by Crippen LogP contribution is -2.28. The third-order valence-electron chi connectivity index (χ3n) is 2.98. The van der Waals surface area contributed by atoms with Crippen molar-refractivity contribution in [3.05, 3.63) is 11.6 Å². The van der Waals surface area contributed by atoms with Gasteiger partial charge in [0.2, 0.25) is 0 Å². The highest BCUT2D eigenvalue weighted by Gasteiger charge is 2.21. The van der Waals surface area contributed by atoms with E-state index in [9.17, 15) is 0 Å². The number of aromatic nitrogens is 3. The van der Waals surface area contributed by atoms with Crippen LogP contribution in [0.4, 0.5) is 0 Å². The molecule has 84 valence electrons. The minimum absolute atomic E-state index is 0.436. The lowest BCUT2D eigenvalue weighted by molar-refractivity contribution is 0.334. The van der Waals surface area contributed by atoms with Gasteiger partial charge in [-0.05, 0) is 25.9 Å². The summed E-state index contributed by atoms with van der Waals surface area (Å²) in [5.74, 6) is 3.32. The van der Waals surface area contributed by atoms with Gasteiger partial charge in [-0.3, -0.25) is 0 Å². The highest BCUT2D eigenvalue weighted by Crippen LogP contribution is 2.19. The van der Waals surface area contributed by atoms with Crippen LogP contribution in [0.1, 0.15) is 37.8 Å². The molecule has 1 N–H and O–H groups in total. The van der Waals surface area contributed by atoms with Crippen LogP contribution < -0.4 is 5.32 Å². The highest BCUT2D eigenvalue weighted by molar-refractivity contribution is 5.00. The maximum atomic E-state index is 4.58. The molecule has 1 unspecified atom stereocenters. The quantitative estimate of drug-likeness (QED) is 0.811. The minimum atomic E-state index is 0.436. The Morgan fingerprint density at radius 1 is 1.53 bits per heavy atom. The van der Waals surface area contributed by atoms with Crippen molar-refractivity contribution in [1.29, 1.82) is 0 Å². The van der Waals surface area contributed by atoms with Crippen molar-refractivity contribution >= 4 is 0 Å². The molecular formula is C11H20N4. The van der Waals surface area contributed by atoms with Crippen molar-refractivity contribution in [2.45, 2.75) is 39.2 Å². The van der Waals surface area contributed by atoms with Gasteiger partial charge in [0.1, 0.15) is 5.82 Å². The number of rotatable bonds is 3. The van der Waals surface area contributed by atoms with Crippen LogP contribution in [-0.2, 0) is 13.0 Å². The van der Waals surface area contributed by atoms with Crippen molar-refractivity contribution in [3.8, 4) is 0 Å². The number of nitrogens with one attached hydrogen (secondary N) is 1. The first kappa shape index (κ1) is 10.6. The van der Waals surface area contributed by atoms with Gasteiger partial charge in [0.05, 0.1) is 0 Å². The molecule has 1 aromatic heterocycles. The largest absolute Gasteiger partial charge is 0.319 e. The summed E-state index contributed by atoms with van der Waals surface area (Å²) in [6.07, 6.45) is 2.31. The number of hydrogen-bond acceptors (Lipinski definition) is 3. The molecule has 0 radical (unpaired) electrons. The molecule has 4 nitrogen and oxygen atoms in total. The molecule has 2 heterocycles. The van der Waals surface area contributed by atoms with Crippen molar-refractivity contribution in [3.63, 3.8) is 0 Å². The summed E-state index contributed by atoms with van der Waals surface area (Å²) >= 11 is 0. The van der Waals surface area contributed by atoms with Gasteiger partial charge in [-0.2, -0.15) is 5.10 Å². The zero-order valence-electron chi connectivity index (χ0n) is 9.82. The van der Waals surface area contributed by atoms with E-state index in [0.717, 1.165) is 25.3 Å². The van der Waals surface area contributed by atoms with Gasteiger partial charge in [0.15, 0.2) is 5.82 Å². The van der Waals surface area contributed by atoms with E-state index < -0.39 is 0 Å². The second-order valence-corrected chi connectivity index (χ2v) is 4.69. The molecule has 0 saturated carbocycles. The molecule has 0 saturated heterocycles.